The Hall–Kier alpha value is -2.11. The molecule has 2 aromatic carbocycles. The van der Waals surface area contributed by atoms with Gasteiger partial charge in [-0.15, -0.1) is 0 Å². The molecular formula is C20H21Cl2FN2O2. The largest absolute Gasteiger partial charge is 0.355 e. The van der Waals surface area contributed by atoms with E-state index in [-0.39, 0.29) is 30.6 Å². The van der Waals surface area contributed by atoms with Crippen molar-refractivity contribution in [3.63, 3.8) is 0 Å². The molecular weight excluding hydrogens is 390 g/mol. The molecule has 27 heavy (non-hydrogen) atoms. The van der Waals surface area contributed by atoms with Crippen LogP contribution >= 0.6 is 23.2 Å². The van der Waals surface area contributed by atoms with E-state index < -0.39 is 6.04 Å². The monoisotopic (exact) mass is 410 g/mol. The van der Waals surface area contributed by atoms with Gasteiger partial charge in [0.25, 0.3) is 0 Å². The van der Waals surface area contributed by atoms with Gasteiger partial charge in [0.15, 0.2) is 0 Å². The average Bonchev–Trinajstić information content (AvgIpc) is 2.64. The van der Waals surface area contributed by atoms with Crippen LogP contribution in [-0.2, 0) is 22.6 Å². The normalized spacial score (nSPS) is 11.7. The van der Waals surface area contributed by atoms with Crippen LogP contribution in [0.3, 0.4) is 0 Å². The molecule has 1 N–H and O–H groups in total. The van der Waals surface area contributed by atoms with E-state index >= 15 is 0 Å². The minimum Gasteiger partial charge on any atom is -0.355 e. The Kier molecular flexibility index (Phi) is 7.63. The summed E-state index contributed by atoms with van der Waals surface area (Å²) in [4.78, 5) is 26.7. The molecule has 0 bridgehead atoms. The van der Waals surface area contributed by atoms with E-state index in [0.29, 0.717) is 27.7 Å². The van der Waals surface area contributed by atoms with Crippen molar-refractivity contribution in [1.82, 2.24) is 10.2 Å². The fourth-order valence-electron chi connectivity index (χ4n) is 2.65. The van der Waals surface area contributed by atoms with Crippen LogP contribution in [0.15, 0.2) is 42.5 Å². The number of halogens is 3. The third-order valence-corrected chi connectivity index (χ3v) is 4.88. The Morgan fingerprint density at radius 1 is 1.11 bits per heavy atom. The van der Waals surface area contributed by atoms with Crippen molar-refractivity contribution in [2.24, 2.45) is 0 Å². The molecule has 0 saturated heterocycles. The molecule has 0 radical (unpaired) electrons. The summed E-state index contributed by atoms with van der Waals surface area (Å²) >= 11 is 12.3. The topological polar surface area (TPSA) is 49.4 Å². The average molecular weight is 411 g/mol. The zero-order valence-electron chi connectivity index (χ0n) is 15.1. The first-order chi connectivity index (χ1) is 12.8. The zero-order chi connectivity index (χ0) is 20.0. The zero-order valence-corrected chi connectivity index (χ0v) is 16.6. The molecule has 0 aliphatic heterocycles. The predicted octanol–water partition coefficient (Wildman–Crippen LogP) is 4.23. The summed E-state index contributed by atoms with van der Waals surface area (Å²) in [5.74, 6) is -0.928. The van der Waals surface area contributed by atoms with Crippen LogP contribution in [0.1, 0.15) is 25.0 Å². The number of nitrogens with one attached hydrogen (secondary N) is 1. The molecule has 0 aliphatic rings. The standard InChI is InChI=1S/C20H21Cl2FN2O2/c1-3-24-20(27)13(2)25(12-14-7-9-15(23)10-8-14)19(26)11-16-17(21)5-4-6-18(16)22/h4-10,13H,3,11-12H2,1-2H3,(H,24,27)/t13-/m1/s1. The number of hydrogen-bond donors (Lipinski definition) is 1. The second kappa shape index (κ2) is 9.72. The summed E-state index contributed by atoms with van der Waals surface area (Å²) < 4.78 is 13.2. The van der Waals surface area contributed by atoms with Gasteiger partial charge in [0, 0.05) is 23.1 Å². The second-order valence-electron chi connectivity index (χ2n) is 6.10. The molecule has 0 aromatic heterocycles. The predicted molar refractivity (Wildman–Crippen MR) is 105 cm³/mol. The van der Waals surface area contributed by atoms with Crippen LogP contribution in [0.5, 0.6) is 0 Å². The first-order valence-electron chi connectivity index (χ1n) is 8.58. The van der Waals surface area contributed by atoms with Crippen molar-refractivity contribution in [3.8, 4) is 0 Å². The fourth-order valence-corrected chi connectivity index (χ4v) is 3.18. The Labute approximate surface area is 168 Å². The molecule has 0 saturated carbocycles. The molecule has 2 aromatic rings. The van der Waals surface area contributed by atoms with E-state index in [4.69, 9.17) is 23.2 Å². The Balaban J connectivity index is 2.28. The summed E-state index contributed by atoms with van der Waals surface area (Å²) in [6.45, 7) is 4.08. The van der Waals surface area contributed by atoms with E-state index in [1.54, 1.807) is 44.2 Å². The lowest BCUT2D eigenvalue weighted by Crippen LogP contribution is -2.48. The molecule has 0 spiro atoms. The van der Waals surface area contributed by atoms with Gasteiger partial charge in [0.2, 0.25) is 11.8 Å². The maximum Gasteiger partial charge on any atom is 0.242 e. The molecule has 1 atom stereocenters. The van der Waals surface area contributed by atoms with Crippen LogP contribution in [-0.4, -0.2) is 29.3 Å². The summed E-state index contributed by atoms with van der Waals surface area (Å²) in [5, 5.41) is 3.50. The lowest BCUT2D eigenvalue weighted by atomic mass is 10.1. The maximum atomic E-state index is 13.2. The number of amides is 2. The number of benzene rings is 2. The lowest BCUT2D eigenvalue weighted by molar-refractivity contribution is -0.140. The van der Waals surface area contributed by atoms with Crippen molar-refractivity contribution >= 4 is 35.0 Å². The van der Waals surface area contributed by atoms with Gasteiger partial charge >= 0.3 is 0 Å². The Bertz CT molecular complexity index is 792. The van der Waals surface area contributed by atoms with E-state index in [1.807, 2.05) is 0 Å². The molecule has 7 heteroatoms. The maximum absolute atomic E-state index is 13.2. The van der Waals surface area contributed by atoms with Gasteiger partial charge in [0.05, 0.1) is 6.42 Å². The number of nitrogens with zero attached hydrogens (tertiary/aromatic N) is 1. The number of rotatable bonds is 7. The molecule has 4 nitrogen and oxygen atoms in total. The minimum atomic E-state index is -0.705. The smallest absolute Gasteiger partial charge is 0.242 e. The first kappa shape index (κ1) is 21.2. The number of likely N-dealkylation sites (N-methyl/N-ethyl adjacent to an activating group) is 1. The van der Waals surface area contributed by atoms with Crippen LogP contribution in [0.25, 0.3) is 0 Å². The second-order valence-corrected chi connectivity index (χ2v) is 6.91. The highest BCUT2D eigenvalue weighted by Crippen LogP contribution is 2.26. The van der Waals surface area contributed by atoms with E-state index in [1.165, 1.54) is 17.0 Å². The highest BCUT2D eigenvalue weighted by Gasteiger charge is 2.26. The van der Waals surface area contributed by atoms with Crippen LogP contribution in [0, 0.1) is 5.82 Å². The lowest BCUT2D eigenvalue weighted by Gasteiger charge is -2.29. The SMILES string of the molecule is CCNC(=O)[C@@H](C)N(Cc1ccc(F)cc1)C(=O)Cc1c(Cl)cccc1Cl. The van der Waals surface area contributed by atoms with Gasteiger partial charge < -0.3 is 10.2 Å². The van der Waals surface area contributed by atoms with Gasteiger partial charge in [-0.1, -0.05) is 41.4 Å². The van der Waals surface area contributed by atoms with Gasteiger partial charge in [-0.2, -0.15) is 0 Å². The van der Waals surface area contributed by atoms with Crippen LogP contribution in [0.2, 0.25) is 10.0 Å². The molecule has 0 aliphatic carbocycles. The van der Waals surface area contributed by atoms with Crippen LogP contribution in [0.4, 0.5) is 4.39 Å². The molecule has 2 rings (SSSR count). The van der Waals surface area contributed by atoms with Gasteiger partial charge in [-0.05, 0) is 49.2 Å². The van der Waals surface area contributed by atoms with Crippen LogP contribution < -0.4 is 5.32 Å². The van der Waals surface area contributed by atoms with Crippen molar-refractivity contribution in [2.45, 2.75) is 32.9 Å². The third-order valence-electron chi connectivity index (χ3n) is 4.17. The Morgan fingerprint density at radius 2 is 1.70 bits per heavy atom. The van der Waals surface area contributed by atoms with E-state index in [2.05, 4.69) is 5.32 Å². The third kappa shape index (κ3) is 5.68. The highest BCUT2D eigenvalue weighted by molar-refractivity contribution is 6.36. The highest BCUT2D eigenvalue weighted by atomic mass is 35.5. The van der Waals surface area contributed by atoms with Gasteiger partial charge in [-0.25, -0.2) is 4.39 Å². The van der Waals surface area contributed by atoms with E-state index in [9.17, 15) is 14.0 Å². The van der Waals surface area contributed by atoms with Crippen molar-refractivity contribution in [1.29, 1.82) is 0 Å². The molecule has 2 amide bonds. The summed E-state index contributed by atoms with van der Waals surface area (Å²) in [5.41, 5.74) is 1.23. The molecule has 0 unspecified atom stereocenters. The first-order valence-corrected chi connectivity index (χ1v) is 9.33. The van der Waals surface area contributed by atoms with Crippen molar-refractivity contribution in [3.05, 3.63) is 69.5 Å². The van der Waals surface area contributed by atoms with Crippen molar-refractivity contribution in [2.75, 3.05) is 6.54 Å². The number of carbonyl (C=O) groups is 2. The summed E-state index contributed by atoms with van der Waals surface area (Å²) in [6.07, 6.45) is -0.0382. The number of carbonyl (C=O) groups excluding carboxylic acids is 2. The fraction of sp³-hybridized carbons (Fsp3) is 0.300. The number of hydrogen-bond acceptors (Lipinski definition) is 2. The van der Waals surface area contributed by atoms with Gasteiger partial charge in [0.1, 0.15) is 11.9 Å². The van der Waals surface area contributed by atoms with Gasteiger partial charge in [-0.3, -0.25) is 9.59 Å². The summed E-state index contributed by atoms with van der Waals surface area (Å²) in [7, 11) is 0. The Morgan fingerprint density at radius 3 is 2.26 bits per heavy atom. The molecule has 144 valence electrons. The summed E-state index contributed by atoms with van der Waals surface area (Å²) in [6, 6.07) is 10.1. The van der Waals surface area contributed by atoms with Crippen molar-refractivity contribution < 1.29 is 14.0 Å². The molecule has 0 fully saturated rings. The quantitative estimate of drug-likeness (QED) is 0.742. The minimum absolute atomic E-state index is 0.0382. The van der Waals surface area contributed by atoms with E-state index in [0.717, 1.165) is 0 Å². The molecule has 0 heterocycles.